The standard InChI is InChI=1S/C12H15ClF3N3/c1-11(2)4-3-5-19(7-11)9-6-8(13)17-10(18-9)12(14,15)16/h6H,3-5,7H2,1-2H3. The number of nitrogens with zero attached hydrogens (tertiary/aromatic N) is 3. The van der Waals surface area contributed by atoms with E-state index < -0.39 is 12.0 Å². The molecule has 106 valence electrons. The molecular formula is C12H15ClF3N3. The Hall–Kier alpha value is -1.04. The topological polar surface area (TPSA) is 29.0 Å². The minimum absolute atomic E-state index is 0.0636. The first kappa shape index (κ1) is 14.4. The zero-order chi connectivity index (χ0) is 14.3. The van der Waals surface area contributed by atoms with Gasteiger partial charge in [0.05, 0.1) is 0 Å². The van der Waals surface area contributed by atoms with Crippen molar-refractivity contribution in [2.75, 3.05) is 18.0 Å². The predicted octanol–water partition coefficient (Wildman–Crippen LogP) is 3.78. The van der Waals surface area contributed by atoms with Gasteiger partial charge in [0.15, 0.2) is 0 Å². The van der Waals surface area contributed by atoms with Crippen molar-refractivity contribution in [3.63, 3.8) is 0 Å². The second-order valence-electron chi connectivity index (χ2n) is 5.56. The van der Waals surface area contributed by atoms with E-state index in [2.05, 4.69) is 23.8 Å². The number of hydrogen-bond donors (Lipinski definition) is 0. The maximum atomic E-state index is 12.7. The highest BCUT2D eigenvalue weighted by Gasteiger charge is 2.36. The van der Waals surface area contributed by atoms with Crippen LogP contribution in [0.15, 0.2) is 6.07 Å². The lowest BCUT2D eigenvalue weighted by molar-refractivity contribution is -0.144. The second-order valence-corrected chi connectivity index (χ2v) is 5.95. The van der Waals surface area contributed by atoms with E-state index in [1.807, 2.05) is 4.90 Å². The molecule has 0 amide bonds. The summed E-state index contributed by atoms with van der Waals surface area (Å²) in [5.41, 5.74) is 0.0636. The SMILES string of the molecule is CC1(C)CCCN(c2cc(Cl)nc(C(F)(F)F)n2)C1. The minimum Gasteiger partial charge on any atom is -0.356 e. The van der Waals surface area contributed by atoms with Gasteiger partial charge in [-0.25, -0.2) is 9.97 Å². The maximum absolute atomic E-state index is 12.7. The Kier molecular flexibility index (Phi) is 3.64. The largest absolute Gasteiger partial charge is 0.451 e. The molecule has 2 heterocycles. The van der Waals surface area contributed by atoms with Gasteiger partial charge in [0.25, 0.3) is 0 Å². The van der Waals surface area contributed by atoms with Crippen molar-refractivity contribution in [1.29, 1.82) is 0 Å². The van der Waals surface area contributed by atoms with E-state index in [0.717, 1.165) is 12.8 Å². The van der Waals surface area contributed by atoms with Gasteiger partial charge in [-0.3, -0.25) is 0 Å². The third-order valence-electron chi connectivity index (χ3n) is 3.16. The van der Waals surface area contributed by atoms with Gasteiger partial charge in [-0.15, -0.1) is 0 Å². The van der Waals surface area contributed by atoms with E-state index in [1.54, 1.807) is 0 Å². The fourth-order valence-corrected chi connectivity index (χ4v) is 2.49. The molecule has 1 aromatic rings. The Morgan fingerprint density at radius 1 is 1.32 bits per heavy atom. The van der Waals surface area contributed by atoms with E-state index >= 15 is 0 Å². The number of halogens is 4. The Labute approximate surface area is 114 Å². The lowest BCUT2D eigenvalue weighted by Crippen LogP contribution is -2.40. The van der Waals surface area contributed by atoms with Gasteiger partial charge in [-0.05, 0) is 18.3 Å². The average Bonchev–Trinajstić information content (AvgIpc) is 2.25. The molecule has 7 heteroatoms. The summed E-state index contributed by atoms with van der Waals surface area (Å²) < 4.78 is 38.0. The van der Waals surface area contributed by atoms with E-state index in [-0.39, 0.29) is 16.4 Å². The monoisotopic (exact) mass is 293 g/mol. The molecular weight excluding hydrogens is 279 g/mol. The molecule has 1 aliphatic heterocycles. The van der Waals surface area contributed by atoms with Crippen molar-refractivity contribution in [2.45, 2.75) is 32.9 Å². The summed E-state index contributed by atoms with van der Waals surface area (Å²) in [7, 11) is 0. The van der Waals surface area contributed by atoms with Crippen LogP contribution in [0.3, 0.4) is 0 Å². The summed E-state index contributed by atoms with van der Waals surface area (Å²) in [6.07, 6.45) is -2.60. The van der Waals surface area contributed by atoms with Gasteiger partial charge in [0, 0.05) is 19.2 Å². The molecule has 19 heavy (non-hydrogen) atoms. The van der Waals surface area contributed by atoms with Crippen molar-refractivity contribution >= 4 is 17.4 Å². The van der Waals surface area contributed by atoms with Gasteiger partial charge in [-0.2, -0.15) is 13.2 Å². The van der Waals surface area contributed by atoms with Crippen LogP contribution in [0.5, 0.6) is 0 Å². The van der Waals surface area contributed by atoms with Crippen molar-refractivity contribution in [3.05, 3.63) is 17.0 Å². The van der Waals surface area contributed by atoms with Crippen molar-refractivity contribution < 1.29 is 13.2 Å². The zero-order valence-electron chi connectivity index (χ0n) is 10.8. The number of piperidine rings is 1. The van der Waals surface area contributed by atoms with Gasteiger partial charge in [-0.1, -0.05) is 25.4 Å². The molecule has 1 aliphatic rings. The van der Waals surface area contributed by atoms with Gasteiger partial charge < -0.3 is 4.90 Å². The first-order valence-corrected chi connectivity index (χ1v) is 6.42. The fourth-order valence-electron chi connectivity index (χ4n) is 2.31. The highest BCUT2D eigenvalue weighted by molar-refractivity contribution is 6.29. The highest BCUT2D eigenvalue weighted by atomic mass is 35.5. The van der Waals surface area contributed by atoms with Crippen molar-refractivity contribution in [3.8, 4) is 0 Å². The van der Waals surface area contributed by atoms with E-state index in [0.29, 0.717) is 13.1 Å². The predicted molar refractivity (Wildman–Crippen MR) is 67.3 cm³/mol. The normalized spacial score (nSPS) is 19.6. The lowest BCUT2D eigenvalue weighted by atomic mass is 9.84. The van der Waals surface area contributed by atoms with Crippen LogP contribution in [0.4, 0.5) is 19.0 Å². The van der Waals surface area contributed by atoms with Crippen molar-refractivity contribution in [2.24, 2.45) is 5.41 Å². The summed E-state index contributed by atoms with van der Waals surface area (Å²) in [6, 6.07) is 1.39. The molecule has 0 bridgehead atoms. The van der Waals surface area contributed by atoms with Gasteiger partial charge in [0.2, 0.25) is 5.82 Å². The summed E-state index contributed by atoms with van der Waals surface area (Å²) in [5.74, 6) is -0.932. The van der Waals surface area contributed by atoms with Crippen LogP contribution < -0.4 is 4.90 Å². The van der Waals surface area contributed by atoms with Crippen LogP contribution in [0, 0.1) is 5.41 Å². The third kappa shape index (κ3) is 3.49. The molecule has 1 fully saturated rings. The number of anilines is 1. The first-order valence-electron chi connectivity index (χ1n) is 6.04. The van der Waals surface area contributed by atoms with Crippen LogP contribution in [-0.2, 0) is 6.18 Å². The molecule has 0 saturated carbocycles. The Morgan fingerprint density at radius 3 is 2.58 bits per heavy atom. The summed E-state index contributed by atoms with van der Waals surface area (Å²) in [6.45, 7) is 5.53. The molecule has 0 radical (unpaired) electrons. The molecule has 1 saturated heterocycles. The van der Waals surface area contributed by atoms with Crippen LogP contribution >= 0.6 is 11.6 Å². The maximum Gasteiger partial charge on any atom is 0.451 e. The summed E-state index contributed by atoms with van der Waals surface area (Å²) in [4.78, 5) is 8.68. The minimum atomic E-state index is -4.58. The number of hydrogen-bond acceptors (Lipinski definition) is 3. The number of alkyl halides is 3. The van der Waals surface area contributed by atoms with Crippen molar-refractivity contribution in [1.82, 2.24) is 9.97 Å². The van der Waals surface area contributed by atoms with E-state index in [4.69, 9.17) is 11.6 Å². The fraction of sp³-hybridized carbons (Fsp3) is 0.667. The van der Waals surface area contributed by atoms with Crippen LogP contribution in [0.25, 0.3) is 0 Å². The molecule has 0 aromatic carbocycles. The Bertz CT molecular complexity index is 474. The molecule has 0 aliphatic carbocycles. The van der Waals surface area contributed by atoms with Crippen LogP contribution in [-0.4, -0.2) is 23.1 Å². The molecule has 0 atom stereocenters. The summed E-state index contributed by atoms with van der Waals surface area (Å²) >= 11 is 5.67. The summed E-state index contributed by atoms with van der Waals surface area (Å²) in [5, 5.41) is -0.180. The van der Waals surface area contributed by atoms with E-state index in [9.17, 15) is 13.2 Å². The van der Waals surface area contributed by atoms with Crippen LogP contribution in [0.1, 0.15) is 32.5 Å². The number of aromatic nitrogens is 2. The zero-order valence-corrected chi connectivity index (χ0v) is 11.5. The molecule has 1 aromatic heterocycles. The van der Waals surface area contributed by atoms with Gasteiger partial charge >= 0.3 is 6.18 Å². The third-order valence-corrected chi connectivity index (χ3v) is 3.35. The van der Waals surface area contributed by atoms with E-state index in [1.165, 1.54) is 6.07 Å². The average molecular weight is 294 g/mol. The number of rotatable bonds is 1. The highest BCUT2D eigenvalue weighted by Crippen LogP contribution is 2.33. The Morgan fingerprint density at radius 2 is 2.00 bits per heavy atom. The Balaban J connectivity index is 2.32. The quantitative estimate of drug-likeness (QED) is 0.738. The smallest absolute Gasteiger partial charge is 0.356 e. The molecule has 3 nitrogen and oxygen atoms in total. The molecule has 0 spiro atoms. The molecule has 0 unspecified atom stereocenters. The van der Waals surface area contributed by atoms with Gasteiger partial charge in [0.1, 0.15) is 11.0 Å². The molecule has 0 N–H and O–H groups in total. The lowest BCUT2D eigenvalue weighted by Gasteiger charge is -2.38. The van der Waals surface area contributed by atoms with Crippen LogP contribution in [0.2, 0.25) is 5.15 Å². The molecule has 2 rings (SSSR count). The second kappa shape index (κ2) is 4.81. The first-order chi connectivity index (χ1) is 8.67.